The van der Waals surface area contributed by atoms with E-state index in [1.165, 1.54) is 35.2 Å². The quantitative estimate of drug-likeness (QED) is 0.585. The Balaban J connectivity index is 1.59. The highest BCUT2D eigenvalue weighted by Gasteiger charge is 2.25. The molecule has 6 nitrogen and oxygen atoms in total. The summed E-state index contributed by atoms with van der Waals surface area (Å²) >= 11 is 0. The Morgan fingerprint density at radius 1 is 0.900 bits per heavy atom. The average Bonchev–Trinajstić information content (AvgIpc) is 3.16. The van der Waals surface area contributed by atoms with Gasteiger partial charge in [-0.1, -0.05) is 30.3 Å². The van der Waals surface area contributed by atoms with E-state index in [0.717, 1.165) is 44.7 Å². The number of ether oxygens (including phenoxy) is 1. The maximum absolute atomic E-state index is 9.85. The van der Waals surface area contributed by atoms with Gasteiger partial charge in [0.15, 0.2) is 0 Å². The third kappa shape index (κ3) is 4.78. The van der Waals surface area contributed by atoms with Crippen LogP contribution in [-0.4, -0.2) is 53.8 Å². The van der Waals surface area contributed by atoms with Gasteiger partial charge in [0.25, 0.3) is 0 Å². The first kappa shape index (κ1) is 19.9. The van der Waals surface area contributed by atoms with Gasteiger partial charge in [-0.15, -0.1) is 0 Å². The minimum absolute atomic E-state index is 0.0112. The maximum Gasteiger partial charge on any atom is 0.128 e. The molecule has 0 atom stereocenters. The van der Waals surface area contributed by atoms with E-state index in [2.05, 4.69) is 45.4 Å². The number of hydrogen-bond acceptors (Lipinski definition) is 6. The van der Waals surface area contributed by atoms with Crippen molar-refractivity contribution in [3.63, 3.8) is 0 Å². The highest BCUT2D eigenvalue weighted by molar-refractivity contribution is 5.86. The zero-order valence-corrected chi connectivity index (χ0v) is 16.7. The molecule has 2 aromatic carbocycles. The number of nitrogens with zero attached hydrogens (tertiary/aromatic N) is 3. The largest absolute Gasteiger partial charge is 0.508 e. The van der Waals surface area contributed by atoms with Crippen LogP contribution in [0.2, 0.25) is 0 Å². The van der Waals surface area contributed by atoms with Gasteiger partial charge in [0.05, 0.1) is 25.6 Å². The Labute approximate surface area is 176 Å². The second-order valence-corrected chi connectivity index (χ2v) is 7.29. The number of allylic oxidation sites excluding steroid dienone is 2. The van der Waals surface area contributed by atoms with Crippen LogP contribution < -0.4 is 0 Å². The molecule has 4 rings (SSSR count). The summed E-state index contributed by atoms with van der Waals surface area (Å²) in [5, 5.41) is 27.5. The van der Waals surface area contributed by atoms with Crippen molar-refractivity contribution in [1.29, 1.82) is 0 Å². The number of phenols is 2. The summed E-state index contributed by atoms with van der Waals surface area (Å²) in [6, 6.07) is 14.7. The zero-order chi connectivity index (χ0) is 20.8. The third-order valence-corrected chi connectivity index (χ3v) is 5.23. The average molecular weight is 403 g/mol. The molecule has 2 aliphatic rings. The Bertz CT molecular complexity index is 1000. The van der Waals surface area contributed by atoms with Crippen molar-refractivity contribution >= 4 is 18.5 Å². The Hall–Kier alpha value is -3.38. The normalized spacial score (nSPS) is 18.9. The summed E-state index contributed by atoms with van der Waals surface area (Å²) < 4.78 is 5.53. The molecule has 0 spiro atoms. The fourth-order valence-electron chi connectivity index (χ4n) is 3.76. The van der Waals surface area contributed by atoms with Crippen molar-refractivity contribution in [2.45, 2.75) is 12.8 Å². The summed E-state index contributed by atoms with van der Waals surface area (Å²) in [7, 11) is 0. The minimum Gasteiger partial charge on any atom is -0.508 e. The molecule has 1 saturated heterocycles. The van der Waals surface area contributed by atoms with Crippen LogP contribution in [0, 0.1) is 0 Å². The molecule has 0 amide bonds. The van der Waals surface area contributed by atoms with Gasteiger partial charge >= 0.3 is 0 Å². The molecule has 0 saturated carbocycles. The SMILES string of the molecule is Oc1ccc(/C=N/N=C/C2=C(N3CCOCC3)C(=C\c3ccccc3)/CC2)c(O)c1. The molecule has 154 valence electrons. The van der Waals surface area contributed by atoms with Crippen molar-refractivity contribution in [2.75, 3.05) is 26.3 Å². The van der Waals surface area contributed by atoms with Gasteiger partial charge in [-0.25, -0.2) is 0 Å². The maximum atomic E-state index is 9.85. The van der Waals surface area contributed by atoms with Crippen LogP contribution in [0.1, 0.15) is 24.0 Å². The van der Waals surface area contributed by atoms with E-state index in [4.69, 9.17) is 4.74 Å². The monoisotopic (exact) mass is 403 g/mol. The lowest BCUT2D eigenvalue weighted by Gasteiger charge is -2.31. The number of rotatable bonds is 5. The van der Waals surface area contributed by atoms with Crippen molar-refractivity contribution in [2.24, 2.45) is 10.2 Å². The topological polar surface area (TPSA) is 77.7 Å². The number of phenolic OH excluding ortho intramolecular Hbond substituents is 2. The molecule has 1 aliphatic carbocycles. The molecular weight excluding hydrogens is 378 g/mol. The summed E-state index contributed by atoms with van der Waals surface area (Å²) in [4.78, 5) is 2.38. The second kappa shape index (κ2) is 9.41. The van der Waals surface area contributed by atoms with Gasteiger partial charge in [0.1, 0.15) is 11.5 Å². The van der Waals surface area contributed by atoms with Crippen LogP contribution in [0.4, 0.5) is 0 Å². The fraction of sp³-hybridized carbons (Fsp3) is 0.250. The second-order valence-electron chi connectivity index (χ2n) is 7.29. The molecule has 0 unspecified atom stereocenters. The van der Waals surface area contributed by atoms with E-state index in [9.17, 15) is 10.2 Å². The van der Waals surface area contributed by atoms with E-state index in [0.29, 0.717) is 5.56 Å². The Kier molecular flexibility index (Phi) is 6.25. The van der Waals surface area contributed by atoms with Crippen LogP contribution in [0.25, 0.3) is 6.08 Å². The molecule has 1 fully saturated rings. The predicted molar refractivity (Wildman–Crippen MR) is 119 cm³/mol. The predicted octanol–water partition coefficient (Wildman–Crippen LogP) is 3.97. The van der Waals surface area contributed by atoms with Gasteiger partial charge in [-0.2, -0.15) is 10.2 Å². The van der Waals surface area contributed by atoms with Crippen LogP contribution >= 0.6 is 0 Å². The molecule has 0 radical (unpaired) electrons. The standard InChI is InChI=1S/C24H25N3O3/c28-22-9-8-20(23(29)15-22)16-25-26-17-21-7-6-19(14-18-4-2-1-3-5-18)24(21)27-10-12-30-13-11-27/h1-5,8-9,14-17,28-29H,6-7,10-13H2/b19-14-,25-16+,26-17+. The Morgan fingerprint density at radius 2 is 1.67 bits per heavy atom. The summed E-state index contributed by atoms with van der Waals surface area (Å²) in [6.07, 6.45) is 7.42. The highest BCUT2D eigenvalue weighted by atomic mass is 16.5. The number of hydrogen-bond donors (Lipinski definition) is 2. The fourth-order valence-corrected chi connectivity index (χ4v) is 3.76. The Morgan fingerprint density at radius 3 is 2.43 bits per heavy atom. The first-order valence-electron chi connectivity index (χ1n) is 10.1. The first-order chi connectivity index (χ1) is 14.7. The van der Waals surface area contributed by atoms with Gasteiger partial charge in [-0.3, -0.25) is 0 Å². The molecule has 1 heterocycles. The van der Waals surface area contributed by atoms with Gasteiger partial charge in [0.2, 0.25) is 0 Å². The van der Waals surface area contributed by atoms with E-state index in [1.807, 2.05) is 12.3 Å². The number of morpholine rings is 1. The molecule has 2 aromatic rings. The van der Waals surface area contributed by atoms with Crippen LogP contribution in [-0.2, 0) is 4.74 Å². The number of aromatic hydroxyl groups is 2. The molecule has 0 bridgehead atoms. The van der Waals surface area contributed by atoms with E-state index < -0.39 is 0 Å². The minimum atomic E-state index is -0.0314. The molecule has 6 heteroatoms. The zero-order valence-electron chi connectivity index (χ0n) is 16.7. The molecule has 0 aromatic heterocycles. The van der Waals surface area contributed by atoms with E-state index in [1.54, 1.807) is 6.07 Å². The lowest BCUT2D eigenvalue weighted by molar-refractivity contribution is 0.0548. The van der Waals surface area contributed by atoms with Gasteiger partial charge < -0.3 is 19.8 Å². The van der Waals surface area contributed by atoms with Crippen molar-refractivity contribution in [3.8, 4) is 11.5 Å². The lowest BCUT2D eigenvalue weighted by Crippen LogP contribution is -2.36. The molecule has 30 heavy (non-hydrogen) atoms. The van der Waals surface area contributed by atoms with Crippen molar-refractivity contribution in [1.82, 2.24) is 4.90 Å². The highest BCUT2D eigenvalue weighted by Crippen LogP contribution is 2.35. The van der Waals surface area contributed by atoms with E-state index >= 15 is 0 Å². The lowest BCUT2D eigenvalue weighted by atomic mass is 10.1. The van der Waals surface area contributed by atoms with Crippen molar-refractivity contribution < 1.29 is 14.9 Å². The van der Waals surface area contributed by atoms with Crippen LogP contribution in [0.5, 0.6) is 11.5 Å². The van der Waals surface area contributed by atoms with Gasteiger partial charge in [-0.05, 0) is 47.8 Å². The summed E-state index contributed by atoms with van der Waals surface area (Å²) in [6.45, 7) is 3.18. The molecule has 1 aliphatic heterocycles. The van der Waals surface area contributed by atoms with E-state index in [-0.39, 0.29) is 11.5 Å². The van der Waals surface area contributed by atoms with Crippen LogP contribution in [0.15, 0.2) is 75.6 Å². The van der Waals surface area contributed by atoms with Gasteiger partial charge in [0, 0.05) is 30.4 Å². The smallest absolute Gasteiger partial charge is 0.128 e. The van der Waals surface area contributed by atoms with Crippen molar-refractivity contribution in [3.05, 3.63) is 76.5 Å². The van der Waals surface area contributed by atoms with Crippen LogP contribution in [0.3, 0.4) is 0 Å². The molecular formula is C24H25N3O3. The molecule has 2 N–H and O–H groups in total. The first-order valence-corrected chi connectivity index (χ1v) is 10.1. The third-order valence-electron chi connectivity index (χ3n) is 5.23. The summed E-state index contributed by atoms with van der Waals surface area (Å²) in [5.74, 6) is -0.0201. The summed E-state index contributed by atoms with van der Waals surface area (Å²) in [5.41, 5.74) is 5.39. The number of benzene rings is 2.